The number of rotatable bonds is 3. The third kappa shape index (κ3) is 2.06. The molecule has 1 saturated heterocycles. The molecule has 0 amide bonds. The van der Waals surface area contributed by atoms with Crippen LogP contribution in [0.1, 0.15) is 43.7 Å². The van der Waals surface area contributed by atoms with E-state index in [0.717, 1.165) is 18.2 Å². The zero-order valence-electron chi connectivity index (χ0n) is 12.2. The van der Waals surface area contributed by atoms with Gasteiger partial charge in [-0.05, 0) is 68.0 Å². The van der Waals surface area contributed by atoms with E-state index in [1.807, 2.05) is 0 Å². The van der Waals surface area contributed by atoms with Gasteiger partial charge in [0, 0.05) is 5.41 Å². The third-order valence-corrected chi connectivity index (χ3v) is 5.23. The average Bonchev–Trinajstić information content (AvgIpc) is 2.47. The van der Waals surface area contributed by atoms with Gasteiger partial charge in [-0.2, -0.15) is 0 Å². The van der Waals surface area contributed by atoms with Crippen LogP contribution in [-0.4, -0.2) is 20.2 Å². The summed E-state index contributed by atoms with van der Waals surface area (Å²) >= 11 is 0. The van der Waals surface area contributed by atoms with Gasteiger partial charge in [-0.3, -0.25) is 0 Å². The average molecular weight is 259 g/mol. The fourth-order valence-corrected chi connectivity index (χ4v) is 4.32. The molecule has 2 heteroatoms. The summed E-state index contributed by atoms with van der Waals surface area (Å²) in [4.78, 5) is 0. The van der Waals surface area contributed by atoms with Gasteiger partial charge in [0.05, 0.1) is 7.11 Å². The number of fused-ring (bicyclic) bond motifs is 3. The van der Waals surface area contributed by atoms with Crippen LogP contribution in [-0.2, 0) is 11.8 Å². The molecule has 2 aliphatic rings. The Morgan fingerprint density at radius 2 is 2.32 bits per heavy atom. The van der Waals surface area contributed by atoms with E-state index in [2.05, 4.69) is 30.4 Å². The fourth-order valence-electron chi connectivity index (χ4n) is 4.32. The van der Waals surface area contributed by atoms with Gasteiger partial charge in [0.1, 0.15) is 5.75 Å². The summed E-state index contributed by atoms with van der Waals surface area (Å²) in [5.41, 5.74) is 3.56. The van der Waals surface area contributed by atoms with E-state index in [1.54, 1.807) is 18.2 Å². The van der Waals surface area contributed by atoms with E-state index in [4.69, 9.17) is 4.74 Å². The largest absolute Gasteiger partial charge is 0.497 e. The van der Waals surface area contributed by atoms with E-state index in [0.29, 0.717) is 5.41 Å². The first kappa shape index (κ1) is 13.0. The van der Waals surface area contributed by atoms with Crippen molar-refractivity contribution in [2.75, 3.05) is 20.2 Å². The summed E-state index contributed by atoms with van der Waals surface area (Å²) in [7, 11) is 1.77. The summed E-state index contributed by atoms with van der Waals surface area (Å²) in [5, 5.41) is 3.60. The van der Waals surface area contributed by atoms with Crippen LogP contribution < -0.4 is 10.1 Å². The summed E-state index contributed by atoms with van der Waals surface area (Å²) < 4.78 is 5.47. The number of nitrogens with one attached hydrogen (secondary N) is 1. The maximum atomic E-state index is 5.47. The van der Waals surface area contributed by atoms with Crippen molar-refractivity contribution < 1.29 is 4.74 Å². The van der Waals surface area contributed by atoms with Gasteiger partial charge in [0.25, 0.3) is 0 Å². The monoisotopic (exact) mass is 259 g/mol. The first-order chi connectivity index (χ1) is 9.30. The van der Waals surface area contributed by atoms with Gasteiger partial charge in [0.2, 0.25) is 0 Å². The Hall–Kier alpha value is -1.02. The van der Waals surface area contributed by atoms with Crippen molar-refractivity contribution in [3.8, 4) is 5.75 Å². The Morgan fingerprint density at radius 1 is 1.42 bits per heavy atom. The van der Waals surface area contributed by atoms with Gasteiger partial charge in [-0.25, -0.2) is 0 Å². The lowest BCUT2D eigenvalue weighted by Gasteiger charge is -2.49. The smallest absolute Gasteiger partial charge is 0.119 e. The Balaban J connectivity index is 2.09. The van der Waals surface area contributed by atoms with E-state index >= 15 is 0 Å². The van der Waals surface area contributed by atoms with Gasteiger partial charge < -0.3 is 10.1 Å². The predicted molar refractivity (Wildman–Crippen MR) is 78.9 cm³/mol. The fraction of sp³-hybridized carbons (Fsp3) is 0.647. The number of hydrogen-bond acceptors (Lipinski definition) is 2. The predicted octanol–water partition coefficient (Wildman–Crippen LogP) is 3.29. The van der Waals surface area contributed by atoms with E-state index < -0.39 is 0 Å². The highest BCUT2D eigenvalue weighted by Gasteiger charge is 2.44. The Bertz CT molecular complexity index is 453. The van der Waals surface area contributed by atoms with Gasteiger partial charge >= 0.3 is 0 Å². The lowest BCUT2D eigenvalue weighted by atomic mass is 9.58. The number of ether oxygens (including phenoxy) is 1. The molecule has 2 unspecified atom stereocenters. The minimum Gasteiger partial charge on any atom is -0.497 e. The van der Waals surface area contributed by atoms with Crippen molar-refractivity contribution in [3.05, 3.63) is 29.3 Å². The van der Waals surface area contributed by atoms with Crippen molar-refractivity contribution in [2.45, 2.75) is 44.4 Å². The van der Waals surface area contributed by atoms with Crippen molar-refractivity contribution in [3.63, 3.8) is 0 Å². The van der Waals surface area contributed by atoms with Crippen LogP contribution in [0, 0.1) is 5.92 Å². The van der Waals surface area contributed by atoms with Crippen LogP contribution in [0.2, 0.25) is 0 Å². The molecule has 1 N–H and O–H groups in total. The molecule has 1 aromatic rings. The zero-order valence-corrected chi connectivity index (χ0v) is 12.2. The Kier molecular flexibility index (Phi) is 3.53. The standard InChI is InChI=1S/C17H25NO/c1-3-8-17-9-10-18-12-14(17)6-4-13-5-7-15(19-2)11-16(13)17/h5,7,11,14,18H,3-4,6,8-10,12H2,1-2H3. The summed E-state index contributed by atoms with van der Waals surface area (Å²) in [6.07, 6.45) is 6.45. The maximum absolute atomic E-state index is 5.47. The lowest BCUT2D eigenvalue weighted by molar-refractivity contribution is 0.160. The molecule has 0 saturated carbocycles. The van der Waals surface area contributed by atoms with Gasteiger partial charge in [0.15, 0.2) is 0 Å². The molecule has 19 heavy (non-hydrogen) atoms. The van der Waals surface area contributed by atoms with Crippen LogP contribution in [0.15, 0.2) is 18.2 Å². The zero-order chi connectivity index (χ0) is 13.3. The molecule has 0 spiro atoms. The molecular formula is C17H25NO. The molecule has 1 aromatic carbocycles. The van der Waals surface area contributed by atoms with Crippen molar-refractivity contribution in [1.29, 1.82) is 0 Å². The van der Waals surface area contributed by atoms with Crippen LogP contribution in [0.25, 0.3) is 0 Å². The summed E-state index contributed by atoms with van der Waals surface area (Å²) in [5.74, 6) is 1.83. The van der Waals surface area contributed by atoms with Crippen LogP contribution in [0.4, 0.5) is 0 Å². The second-order valence-electron chi connectivity index (χ2n) is 6.12. The minimum absolute atomic E-state index is 0.405. The lowest BCUT2D eigenvalue weighted by Crippen LogP contribution is -2.50. The second kappa shape index (κ2) is 5.16. The number of methoxy groups -OCH3 is 1. The molecule has 1 heterocycles. The van der Waals surface area contributed by atoms with Crippen molar-refractivity contribution in [1.82, 2.24) is 5.32 Å². The molecule has 104 valence electrons. The molecule has 0 aromatic heterocycles. The molecule has 1 aliphatic heterocycles. The Morgan fingerprint density at radius 3 is 3.11 bits per heavy atom. The van der Waals surface area contributed by atoms with Gasteiger partial charge in [-0.1, -0.05) is 19.4 Å². The first-order valence-electron chi connectivity index (χ1n) is 7.68. The van der Waals surface area contributed by atoms with Crippen molar-refractivity contribution >= 4 is 0 Å². The first-order valence-corrected chi connectivity index (χ1v) is 7.68. The SMILES string of the molecule is CCCC12CCNCC1CCc1ccc(OC)cc12. The highest BCUT2D eigenvalue weighted by Crippen LogP contribution is 2.49. The minimum atomic E-state index is 0.405. The highest BCUT2D eigenvalue weighted by atomic mass is 16.5. The molecule has 0 radical (unpaired) electrons. The molecule has 3 rings (SSSR count). The van der Waals surface area contributed by atoms with E-state index in [1.165, 1.54) is 38.6 Å². The molecular weight excluding hydrogens is 234 g/mol. The van der Waals surface area contributed by atoms with Crippen LogP contribution in [0.5, 0.6) is 5.75 Å². The van der Waals surface area contributed by atoms with E-state index in [9.17, 15) is 0 Å². The number of piperidine rings is 1. The van der Waals surface area contributed by atoms with Crippen LogP contribution >= 0.6 is 0 Å². The molecule has 2 nitrogen and oxygen atoms in total. The quantitative estimate of drug-likeness (QED) is 0.899. The van der Waals surface area contributed by atoms with Crippen LogP contribution in [0.3, 0.4) is 0 Å². The third-order valence-electron chi connectivity index (χ3n) is 5.23. The molecule has 2 atom stereocenters. The topological polar surface area (TPSA) is 21.3 Å². The molecule has 1 fully saturated rings. The summed E-state index contributed by atoms with van der Waals surface area (Å²) in [6, 6.07) is 6.74. The highest BCUT2D eigenvalue weighted by molar-refractivity contribution is 5.43. The van der Waals surface area contributed by atoms with Gasteiger partial charge in [-0.15, -0.1) is 0 Å². The number of hydrogen-bond donors (Lipinski definition) is 1. The molecule has 0 bridgehead atoms. The number of benzene rings is 1. The number of aryl methyl sites for hydroxylation is 1. The maximum Gasteiger partial charge on any atom is 0.119 e. The Labute approximate surface area is 116 Å². The summed E-state index contributed by atoms with van der Waals surface area (Å²) in [6.45, 7) is 4.67. The normalized spacial score (nSPS) is 29.5. The van der Waals surface area contributed by atoms with E-state index in [-0.39, 0.29) is 0 Å². The molecule has 1 aliphatic carbocycles. The second-order valence-corrected chi connectivity index (χ2v) is 6.12. The van der Waals surface area contributed by atoms with Crippen molar-refractivity contribution in [2.24, 2.45) is 5.92 Å².